The Morgan fingerprint density at radius 1 is 1.21 bits per heavy atom. The third-order valence-electron chi connectivity index (χ3n) is 2.47. The number of pyridine rings is 1. The van der Waals surface area contributed by atoms with Crippen molar-refractivity contribution in [2.24, 2.45) is 0 Å². The largest absolute Gasteiger partial charge is 0.256 e. The quantitative estimate of drug-likeness (QED) is 0.657. The van der Waals surface area contributed by atoms with E-state index in [9.17, 15) is 0 Å². The molecule has 0 spiro atoms. The molecule has 0 atom stereocenters. The summed E-state index contributed by atoms with van der Waals surface area (Å²) in [6, 6.07) is 10.4. The topological polar surface area (TPSA) is 12.9 Å². The summed E-state index contributed by atoms with van der Waals surface area (Å²) in [5, 5.41) is 2.44. The third kappa shape index (κ3) is 1.53. The number of aromatic nitrogens is 1. The van der Waals surface area contributed by atoms with E-state index in [1.807, 2.05) is 19.2 Å². The lowest BCUT2D eigenvalue weighted by molar-refractivity contribution is 1.29. The van der Waals surface area contributed by atoms with Gasteiger partial charge >= 0.3 is 0 Å². The summed E-state index contributed by atoms with van der Waals surface area (Å²) in [4.78, 5) is 4.41. The highest BCUT2D eigenvalue weighted by atomic mass is 14.7. The molecule has 2 aromatic rings. The van der Waals surface area contributed by atoms with Crippen LogP contribution in [0.4, 0.5) is 0 Å². The van der Waals surface area contributed by atoms with E-state index in [4.69, 9.17) is 0 Å². The Balaban J connectivity index is 2.62. The molecule has 1 nitrogen and oxygen atoms in total. The minimum Gasteiger partial charge on any atom is -0.256 e. The van der Waals surface area contributed by atoms with Crippen molar-refractivity contribution in [2.45, 2.75) is 13.8 Å². The SMILES string of the molecule is C/C=C(\C)c1cc2ccccc2cn1. The van der Waals surface area contributed by atoms with Crippen molar-refractivity contribution in [1.82, 2.24) is 4.98 Å². The van der Waals surface area contributed by atoms with E-state index in [-0.39, 0.29) is 0 Å². The van der Waals surface area contributed by atoms with Crippen molar-refractivity contribution >= 4 is 16.3 Å². The molecule has 0 aliphatic heterocycles. The van der Waals surface area contributed by atoms with Crippen LogP contribution in [0.5, 0.6) is 0 Å². The molecule has 0 saturated heterocycles. The first kappa shape index (κ1) is 8.95. The number of allylic oxidation sites excluding steroid dienone is 2. The fraction of sp³-hybridized carbons (Fsp3) is 0.154. The summed E-state index contributed by atoms with van der Waals surface area (Å²) < 4.78 is 0. The van der Waals surface area contributed by atoms with Crippen molar-refractivity contribution in [3.8, 4) is 0 Å². The van der Waals surface area contributed by atoms with Gasteiger partial charge in [0.2, 0.25) is 0 Å². The molecule has 0 bridgehead atoms. The van der Waals surface area contributed by atoms with Crippen molar-refractivity contribution in [3.63, 3.8) is 0 Å². The fourth-order valence-corrected chi connectivity index (χ4v) is 1.45. The Morgan fingerprint density at radius 2 is 1.93 bits per heavy atom. The van der Waals surface area contributed by atoms with E-state index in [0.29, 0.717) is 0 Å². The fourth-order valence-electron chi connectivity index (χ4n) is 1.45. The van der Waals surface area contributed by atoms with E-state index >= 15 is 0 Å². The Hall–Kier alpha value is -1.63. The van der Waals surface area contributed by atoms with Gasteiger partial charge in [-0.15, -0.1) is 0 Å². The number of hydrogen-bond donors (Lipinski definition) is 0. The Kier molecular flexibility index (Phi) is 2.32. The number of fused-ring (bicyclic) bond motifs is 1. The normalized spacial score (nSPS) is 12.0. The zero-order valence-electron chi connectivity index (χ0n) is 8.49. The first-order valence-corrected chi connectivity index (χ1v) is 4.79. The summed E-state index contributed by atoms with van der Waals surface area (Å²) in [5.74, 6) is 0. The highest BCUT2D eigenvalue weighted by molar-refractivity contribution is 5.84. The van der Waals surface area contributed by atoms with Crippen molar-refractivity contribution in [1.29, 1.82) is 0 Å². The summed E-state index contributed by atoms with van der Waals surface area (Å²) in [5.41, 5.74) is 2.28. The van der Waals surface area contributed by atoms with Gasteiger partial charge in [0, 0.05) is 11.6 Å². The Labute approximate surface area is 84.1 Å². The second-order valence-electron chi connectivity index (χ2n) is 3.39. The molecular formula is C13H13N. The second kappa shape index (κ2) is 3.62. The maximum atomic E-state index is 4.41. The Morgan fingerprint density at radius 3 is 2.64 bits per heavy atom. The van der Waals surface area contributed by atoms with Gasteiger partial charge in [-0.25, -0.2) is 0 Å². The monoisotopic (exact) mass is 183 g/mol. The average Bonchev–Trinajstić information content (AvgIpc) is 2.27. The van der Waals surface area contributed by atoms with E-state index < -0.39 is 0 Å². The molecule has 14 heavy (non-hydrogen) atoms. The third-order valence-corrected chi connectivity index (χ3v) is 2.47. The van der Waals surface area contributed by atoms with Gasteiger partial charge in [-0.3, -0.25) is 4.98 Å². The van der Waals surface area contributed by atoms with Crippen LogP contribution in [0.3, 0.4) is 0 Å². The van der Waals surface area contributed by atoms with Gasteiger partial charge in [-0.1, -0.05) is 30.3 Å². The second-order valence-corrected chi connectivity index (χ2v) is 3.39. The minimum atomic E-state index is 1.06. The van der Waals surface area contributed by atoms with Crippen LogP contribution in [0.2, 0.25) is 0 Å². The van der Waals surface area contributed by atoms with Crippen LogP contribution < -0.4 is 0 Å². The molecule has 0 fully saturated rings. The minimum absolute atomic E-state index is 1.06. The van der Waals surface area contributed by atoms with E-state index in [1.165, 1.54) is 16.3 Å². The Bertz CT molecular complexity index is 483. The lowest BCUT2D eigenvalue weighted by atomic mass is 10.1. The highest BCUT2D eigenvalue weighted by Crippen LogP contribution is 2.17. The van der Waals surface area contributed by atoms with Crippen LogP contribution in [0, 0.1) is 0 Å². The first-order chi connectivity index (χ1) is 6.81. The van der Waals surface area contributed by atoms with Crippen LogP contribution in [-0.4, -0.2) is 4.98 Å². The van der Waals surface area contributed by atoms with Gasteiger partial charge in [0.05, 0.1) is 5.69 Å². The van der Waals surface area contributed by atoms with Gasteiger partial charge in [-0.2, -0.15) is 0 Å². The average molecular weight is 183 g/mol. The van der Waals surface area contributed by atoms with Crippen LogP contribution in [0.25, 0.3) is 16.3 Å². The molecule has 0 amide bonds. The number of nitrogens with zero attached hydrogens (tertiary/aromatic N) is 1. The standard InChI is InChI=1S/C13H13N/c1-3-10(2)13-8-11-6-4-5-7-12(11)9-14-13/h3-9H,1-2H3/b10-3+. The molecule has 2 rings (SSSR count). The number of hydrogen-bond acceptors (Lipinski definition) is 1. The summed E-state index contributed by atoms with van der Waals surface area (Å²) in [6.45, 7) is 4.11. The van der Waals surface area contributed by atoms with E-state index in [2.05, 4.69) is 42.2 Å². The van der Waals surface area contributed by atoms with Crippen LogP contribution in [0.1, 0.15) is 19.5 Å². The van der Waals surface area contributed by atoms with E-state index in [1.54, 1.807) is 0 Å². The van der Waals surface area contributed by atoms with Crippen LogP contribution in [-0.2, 0) is 0 Å². The molecule has 1 aromatic carbocycles. The van der Waals surface area contributed by atoms with Crippen molar-refractivity contribution in [2.75, 3.05) is 0 Å². The smallest absolute Gasteiger partial charge is 0.0661 e. The zero-order valence-corrected chi connectivity index (χ0v) is 8.49. The molecule has 0 unspecified atom stereocenters. The van der Waals surface area contributed by atoms with E-state index in [0.717, 1.165) is 5.69 Å². The molecule has 0 saturated carbocycles. The van der Waals surface area contributed by atoms with Gasteiger partial charge in [0.1, 0.15) is 0 Å². The van der Waals surface area contributed by atoms with Gasteiger partial charge in [0.15, 0.2) is 0 Å². The zero-order chi connectivity index (χ0) is 9.97. The van der Waals surface area contributed by atoms with Crippen LogP contribution in [0.15, 0.2) is 42.6 Å². The number of rotatable bonds is 1. The molecule has 0 radical (unpaired) electrons. The summed E-state index contributed by atoms with van der Waals surface area (Å²) in [7, 11) is 0. The van der Waals surface area contributed by atoms with Gasteiger partial charge < -0.3 is 0 Å². The van der Waals surface area contributed by atoms with Crippen molar-refractivity contribution < 1.29 is 0 Å². The molecule has 0 N–H and O–H groups in total. The highest BCUT2D eigenvalue weighted by Gasteiger charge is 1.97. The molecular weight excluding hydrogens is 170 g/mol. The summed E-state index contributed by atoms with van der Waals surface area (Å²) in [6.07, 6.45) is 4.01. The van der Waals surface area contributed by atoms with Crippen molar-refractivity contribution in [3.05, 3.63) is 48.3 Å². The predicted molar refractivity (Wildman–Crippen MR) is 61.1 cm³/mol. The van der Waals surface area contributed by atoms with Gasteiger partial charge in [0.25, 0.3) is 0 Å². The maximum absolute atomic E-state index is 4.41. The lowest BCUT2D eigenvalue weighted by Crippen LogP contribution is -1.85. The molecule has 1 heteroatoms. The number of benzene rings is 1. The van der Waals surface area contributed by atoms with Gasteiger partial charge in [-0.05, 0) is 30.9 Å². The molecule has 1 aromatic heterocycles. The summed E-state index contributed by atoms with van der Waals surface area (Å²) >= 11 is 0. The maximum Gasteiger partial charge on any atom is 0.0661 e. The molecule has 70 valence electrons. The molecule has 1 heterocycles. The van der Waals surface area contributed by atoms with Crippen LogP contribution >= 0.6 is 0 Å². The predicted octanol–water partition coefficient (Wildman–Crippen LogP) is 3.66. The molecule has 0 aliphatic carbocycles. The first-order valence-electron chi connectivity index (χ1n) is 4.79. The molecule has 0 aliphatic rings. The lowest BCUT2D eigenvalue weighted by Gasteiger charge is -2.02.